The zero-order chi connectivity index (χ0) is 16.6. The van der Waals surface area contributed by atoms with Gasteiger partial charge < -0.3 is 14.9 Å². The van der Waals surface area contributed by atoms with E-state index in [2.05, 4.69) is 10.00 Å². The number of rotatable bonds is 2. The molecule has 2 aliphatic rings. The Bertz CT molecular complexity index is 594. The number of hydrogen-bond donors (Lipinski definition) is 1. The monoisotopic (exact) mass is 321 g/mol. The van der Waals surface area contributed by atoms with Crippen LogP contribution in [0.2, 0.25) is 0 Å². The Kier molecular flexibility index (Phi) is 4.36. The van der Waals surface area contributed by atoms with Gasteiger partial charge in [-0.1, -0.05) is 0 Å². The van der Waals surface area contributed by atoms with Gasteiger partial charge in [0.15, 0.2) is 0 Å². The Morgan fingerprint density at radius 1 is 1.17 bits per heavy atom. The zero-order valence-corrected chi connectivity index (χ0v) is 13.6. The van der Waals surface area contributed by atoms with Crippen molar-refractivity contribution in [3.05, 3.63) is 18.0 Å². The Morgan fingerprint density at radius 2 is 1.87 bits per heavy atom. The van der Waals surface area contributed by atoms with Gasteiger partial charge in [0, 0.05) is 59.4 Å². The Balaban J connectivity index is 1.62. The maximum atomic E-state index is 12.5. The first-order chi connectivity index (χ1) is 11.0. The van der Waals surface area contributed by atoms with Gasteiger partial charge in [-0.05, 0) is 6.07 Å². The molecule has 2 saturated heterocycles. The number of likely N-dealkylation sites (tertiary alicyclic amines) is 1. The van der Waals surface area contributed by atoms with E-state index in [0.717, 1.165) is 13.1 Å². The molecule has 1 aromatic rings. The molecule has 0 saturated carbocycles. The van der Waals surface area contributed by atoms with Crippen LogP contribution >= 0.6 is 0 Å². The summed E-state index contributed by atoms with van der Waals surface area (Å²) in [5, 5.41) is 14.4. The summed E-state index contributed by atoms with van der Waals surface area (Å²) in [5.74, 6) is -0.0152. The highest BCUT2D eigenvalue weighted by molar-refractivity contribution is 5.92. The average molecular weight is 321 g/mol. The van der Waals surface area contributed by atoms with Gasteiger partial charge in [0.1, 0.15) is 5.69 Å². The molecule has 2 atom stereocenters. The number of aliphatic hydroxyl groups excluding tert-OH is 1. The summed E-state index contributed by atoms with van der Waals surface area (Å²) in [7, 11) is 1.73. The molecule has 0 spiro atoms. The third kappa shape index (κ3) is 3.09. The van der Waals surface area contributed by atoms with E-state index in [1.54, 1.807) is 35.8 Å². The normalized spacial score (nSPS) is 25.9. The van der Waals surface area contributed by atoms with Crippen LogP contribution in [0.3, 0.4) is 0 Å². The minimum Gasteiger partial charge on any atom is -0.390 e. The first-order valence-corrected chi connectivity index (χ1v) is 7.92. The second kappa shape index (κ2) is 6.29. The van der Waals surface area contributed by atoms with Crippen LogP contribution in [-0.4, -0.2) is 92.8 Å². The minimum atomic E-state index is -0.559. The standard InChI is InChI=1S/C15H23N5O3/c1-11(21)18-5-7-19(8-6-18)13-9-20(10-14(13)22)15(23)12-3-4-16-17(12)2/h3-4,13-14,22H,5-10H2,1-2H3/t13-,14-/m1/s1. The maximum Gasteiger partial charge on any atom is 0.272 e. The van der Waals surface area contributed by atoms with E-state index in [0.29, 0.717) is 31.9 Å². The number of aryl methyl sites for hydroxylation is 1. The molecule has 8 heteroatoms. The molecule has 23 heavy (non-hydrogen) atoms. The van der Waals surface area contributed by atoms with E-state index >= 15 is 0 Å². The lowest BCUT2D eigenvalue weighted by molar-refractivity contribution is -0.131. The predicted molar refractivity (Wildman–Crippen MR) is 82.7 cm³/mol. The topological polar surface area (TPSA) is 81.9 Å². The summed E-state index contributed by atoms with van der Waals surface area (Å²) < 4.78 is 1.55. The molecular weight excluding hydrogens is 298 g/mol. The van der Waals surface area contributed by atoms with Gasteiger partial charge in [0.2, 0.25) is 5.91 Å². The van der Waals surface area contributed by atoms with Gasteiger partial charge in [-0.25, -0.2) is 0 Å². The molecule has 2 amide bonds. The van der Waals surface area contributed by atoms with Crippen LogP contribution in [0.1, 0.15) is 17.4 Å². The van der Waals surface area contributed by atoms with Crippen LogP contribution in [0.4, 0.5) is 0 Å². The highest BCUT2D eigenvalue weighted by Gasteiger charge is 2.39. The lowest BCUT2D eigenvalue weighted by atomic mass is 10.1. The highest BCUT2D eigenvalue weighted by atomic mass is 16.3. The lowest BCUT2D eigenvalue weighted by Gasteiger charge is -2.38. The van der Waals surface area contributed by atoms with Crippen molar-refractivity contribution in [1.82, 2.24) is 24.5 Å². The number of β-amino-alcohol motifs (C(OH)–C–C–N with tert-alkyl or cyclic N) is 1. The molecule has 0 aromatic carbocycles. The van der Waals surface area contributed by atoms with Gasteiger partial charge in [-0.3, -0.25) is 19.2 Å². The van der Waals surface area contributed by atoms with E-state index in [1.807, 2.05) is 4.90 Å². The van der Waals surface area contributed by atoms with E-state index in [-0.39, 0.29) is 17.9 Å². The van der Waals surface area contributed by atoms with Crippen molar-refractivity contribution >= 4 is 11.8 Å². The Morgan fingerprint density at radius 3 is 2.43 bits per heavy atom. The molecule has 0 unspecified atom stereocenters. The quantitative estimate of drug-likeness (QED) is 0.738. The minimum absolute atomic E-state index is 0.0683. The molecule has 3 rings (SSSR count). The summed E-state index contributed by atoms with van der Waals surface area (Å²) >= 11 is 0. The van der Waals surface area contributed by atoms with Crippen LogP contribution < -0.4 is 0 Å². The van der Waals surface area contributed by atoms with Crippen molar-refractivity contribution in [2.75, 3.05) is 39.3 Å². The molecule has 1 aromatic heterocycles. The molecule has 126 valence electrons. The van der Waals surface area contributed by atoms with Crippen LogP contribution in [0, 0.1) is 0 Å². The fourth-order valence-corrected chi connectivity index (χ4v) is 3.41. The van der Waals surface area contributed by atoms with Crippen LogP contribution in [-0.2, 0) is 11.8 Å². The smallest absolute Gasteiger partial charge is 0.272 e. The SMILES string of the molecule is CC(=O)N1CCN([C@@H]2CN(C(=O)c3ccnn3C)C[C@H]2O)CC1. The molecule has 2 fully saturated rings. The fraction of sp³-hybridized carbons (Fsp3) is 0.667. The van der Waals surface area contributed by atoms with Crippen molar-refractivity contribution < 1.29 is 14.7 Å². The zero-order valence-electron chi connectivity index (χ0n) is 13.6. The summed E-state index contributed by atoms with van der Waals surface area (Å²) in [6.45, 7) is 5.23. The van der Waals surface area contributed by atoms with E-state index in [4.69, 9.17) is 0 Å². The second-order valence-corrected chi connectivity index (χ2v) is 6.23. The third-order valence-corrected chi connectivity index (χ3v) is 4.81. The van der Waals surface area contributed by atoms with Gasteiger partial charge in [-0.2, -0.15) is 5.10 Å². The van der Waals surface area contributed by atoms with Crippen molar-refractivity contribution in [3.8, 4) is 0 Å². The molecule has 3 heterocycles. The van der Waals surface area contributed by atoms with Crippen LogP contribution in [0.5, 0.6) is 0 Å². The van der Waals surface area contributed by atoms with E-state index < -0.39 is 6.10 Å². The number of nitrogens with zero attached hydrogens (tertiary/aromatic N) is 5. The Labute approximate surface area is 135 Å². The van der Waals surface area contributed by atoms with E-state index in [9.17, 15) is 14.7 Å². The largest absolute Gasteiger partial charge is 0.390 e. The number of aliphatic hydroxyl groups is 1. The molecule has 0 aliphatic carbocycles. The molecule has 8 nitrogen and oxygen atoms in total. The maximum absolute atomic E-state index is 12.5. The lowest BCUT2D eigenvalue weighted by Crippen LogP contribution is -2.54. The van der Waals surface area contributed by atoms with Crippen molar-refractivity contribution in [2.24, 2.45) is 7.05 Å². The number of amides is 2. The van der Waals surface area contributed by atoms with Gasteiger partial charge in [0.05, 0.1) is 12.1 Å². The first kappa shape index (κ1) is 15.9. The van der Waals surface area contributed by atoms with Gasteiger partial charge in [0.25, 0.3) is 5.91 Å². The third-order valence-electron chi connectivity index (χ3n) is 4.81. The average Bonchev–Trinajstić information content (AvgIpc) is 3.12. The molecule has 0 bridgehead atoms. The molecular formula is C15H23N5O3. The summed E-state index contributed by atoms with van der Waals surface area (Å²) in [5.41, 5.74) is 0.527. The van der Waals surface area contributed by atoms with Crippen LogP contribution in [0.15, 0.2) is 12.3 Å². The molecule has 1 N–H and O–H groups in total. The summed E-state index contributed by atoms with van der Waals surface area (Å²) in [6.07, 6.45) is 1.04. The number of piperazine rings is 1. The fourth-order valence-electron chi connectivity index (χ4n) is 3.41. The number of carbonyl (C=O) groups excluding carboxylic acids is 2. The van der Waals surface area contributed by atoms with Crippen molar-refractivity contribution in [1.29, 1.82) is 0 Å². The van der Waals surface area contributed by atoms with E-state index in [1.165, 1.54) is 0 Å². The first-order valence-electron chi connectivity index (χ1n) is 7.92. The summed E-state index contributed by atoms with van der Waals surface area (Å²) in [6, 6.07) is 1.62. The van der Waals surface area contributed by atoms with Gasteiger partial charge >= 0.3 is 0 Å². The highest BCUT2D eigenvalue weighted by Crippen LogP contribution is 2.20. The van der Waals surface area contributed by atoms with Gasteiger partial charge in [-0.15, -0.1) is 0 Å². The van der Waals surface area contributed by atoms with Crippen molar-refractivity contribution in [3.63, 3.8) is 0 Å². The second-order valence-electron chi connectivity index (χ2n) is 6.23. The number of hydrogen-bond acceptors (Lipinski definition) is 5. The molecule has 2 aliphatic heterocycles. The predicted octanol–water partition coefficient (Wildman–Crippen LogP) is -1.23. The number of carbonyl (C=O) groups is 2. The van der Waals surface area contributed by atoms with Crippen LogP contribution in [0.25, 0.3) is 0 Å². The Hall–Kier alpha value is -1.93. The number of aromatic nitrogens is 2. The summed E-state index contributed by atoms with van der Waals surface area (Å²) in [4.78, 5) is 29.6. The van der Waals surface area contributed by atoms with Crippen molar-refractivity contribution in [2.45, 2.75) is 19.1 Å². The molecule has 0 radical (unpaired) electrons.